The number of anilines is 1. The van der Waals surface area contributed by atoms with Crippen LogP contribution in [0.5, 0.6) is 5.75 Å². The van der Waals surface area contributed by atoms with Crippen molar-refractivity contribution < 1.29 is 21.6 Å². The highest BCUT2D eigenvalue weighted by atomic mass is 32.2. The van der Waals surface area contributed by atoms with E-state index in [-0.39, 0.29) is 10.6 Å². The first kappa shape index (κ1) is 19.4. The molecule has 0 spiro atoms. The molecule has 27 heavy (non-hydrogen) atoms. The third-order valence-corrected chi connectivity index (χ3v) is 7.44. The Bertz CT molecular complexity index is 1040. The second-order valence-corrected chi connectivity index (χ2v) is 10.0. The molecule has 1 aliphatic rings. The van der Waals surface area contributed by atoms with Crippen LogP contribution < -0.4 is 9.04 Å². The van der Waals surface area contributed by atoms with Gasteiger partial charge in [-0.25, -0.2) is 16.8 Å². The van der Waals surface area contributed by atoms with Crippen molar-refractivity contribution >= 4 is 25.5 Å². The van der Waals surface area contributed by atoms with Crippen LogP contribution in [0.3, 0.4) is 0 Å². The summed E-state index contributed by atoms with van der Waals surface area (Å²) in [4.78, 5) is 0.111. The highest BCUT2D eigenvalue weighted by molar-refractivity contribution is 7.95. The molecule has 3 rings (SSSR count). The number of hydrogen-bond donors (Lipinski definition) is 0. The second kappa shape index (κ2) is 7.36. The first-order chi connectivity index (χ1) is 12.7. The summed E-state index contributed by atoms with van der Waals surface area (Å²) in [7, 11) is -7.38. The fraction of sp³-hybridized carbons (Fsp3) is 0.263. The molecule has 144 valence electrons. The van der Waals surface area contributed by atoms with E-state index in [1.807, 2.05) is 13.8 Å². The van der Waals surface area contributed by atoms with E-state index >= 15 is 0 Å². The van der Waals surface area contributed by atoms with Crippen molar-refractivity contribution in [2.45, 2.75) is 24.8 Å². The van der Waals surface area contributed by atoms with Gasteiger partial charge in [0, 0.05) is 5.41 Å². The van der Waals surface area contributed by atoms with E-state index in [2.05, 4.69) is 0 Å². The van der Waals surface area contributed by atoms with Crippen molar-refractivity contribution in [1.82, 2.24) is 0 Å². The minimum Gasteiger partial charge on any atom is -0.494 e. The largest absolute Gasteiger partial charge is 0.494 e. The lowest BCUT2D eigenvalue weighted by Crippen LogP contribution is -2.41. The molecule has 2 aromatic carbocycles. The first-order valence-electron chi connectivity index (χ1n) is 8.48. The van der Waals surface area contributed by atoms with E-state index < -0.39 is 25.9 Å². The fourth-order valence-electron chi connectivity index (χ4n) is 2.89. The van der Waals surface area contributed by atoms with Gasteiger partial charge in [-0.1, -0.05) is 17.7 Å². The zero-order chi connectivity index (χ0) is 19.7. The SMILES string of the molecule is CCOc1ccc(N([C@H]2C=CS(=O)(=O)C2)S(=O)(=O)c2ccc(C)cc2)cc1. The molecular weight excluding hydrogens is 386 g/mol. The molecule has 0 fully saturated rings. The Kier molecular flexibility index (Phi) is 5.30. The zero-order valence-electron chi connectivity index (χ0n) is 15.1. The van der Waals surface area contributed by atoms with Crippen LogP contribution in [0.15, 0.2) is 64.9 Å². The molecule has 2 aromatic rings. The van der Waals surface area contributed by atoms with E-state index in [1.54, 1.807) is 36.4 Å². The molecule has 0 aliphatic carbocycles. The molecule has 1 atom stereocenters. The molecule has 0 saturated heterocycles. The van der Waals surface area contributed by atoms with Gasteiger partial charge >= 0.3 is 0 Å². The number of rotatable bonds is 6. The second-order valence-electron chi connectivity index (χ2n) is 6.27. The van der Waals surface area contributed by atoms with Gasteiger partial charge in [-0.2, -0.15) is 0 Å². The van der Waals surface area contributed by atoms with Crippen LogP contribution in [0.25, 0.3) is 0 Å². The van der Waals surface area contributed by atoms with Crippen molar-refractivity contribution in [3.63, 3.8) is 0 Å². The number of sulfonamides is 1. The fourth-order valence-corrected chi connectivity index (χ4v) is 5.86. The van der Waals surface area contributed by atoms with Gasteiger partial charge in [0.25, 0.3) is 10.0 Å². The van der Waals surface area contributed by atoms with Gasteiger partial charge in [-0.15, -0.1) is 0 Å². The third-order valence-electron chi connectivity index (χ3n) is 4.19. The van der Waals surface area contributed by atoms with Gasteiger partial charge in [0.2, 0.25) is 0 Å². The van der Waals surface area contributed by atoms with Crippen molar-refractivity contribution in [2.75, 3.05) is 16.7 Å². The highest BCUT2D eigenvalue weighted by Crippen LogP contribution is 2.31. The molecule has 1 aliphatic heterocycles. The first-order valence-corrected chi connectivity index (χ1v) is 11.6. The molecule has 0 N–H and O–H groups in total. The number of hydrogen-bond acceptors (Lipinski definition) is 5. The van der Waals surface area contributed by atoms with E-state index in [0.717, 1.165) is 15.3 Å². The predicted molar refractivity (Wildman–Crippen MR) is 105 cm³/mol. The summed E-state index contributed by atoms with van der Waals surface area (Å²) in [5, 5.41) is 1.07. The van der Waals surface area contributed by atoms with Crippen molar-refractivity contribution in [3.8, 4) is 5.75 Å². The van der Waals surface area contributed by atoms with Crippen molar-refractivity contribution in [2.24, 2.45) is 0 Å². The standard InChI is InChI=1S/C19H21NO5S2/c1-3-25-18-8-6-16(7-9-18)20(17-12-13-26(21,22)14-17)27(23,24)19-10-4-15(2)5-11-19/h4-13,17H,3,14H2,1-2H3/t17-/m0/s1. The Hall–Kier alpha value is -2.32. The van der Waals surface area contributed by atoms with Gasteiger partial charge in [0.1, 0.15) is 5.75 Å². The Morgan fingerprint density at radius 1 is 1.07 bits per heavy atom. The van der Waals surface area contributed by atoms with Gasteiger partial charge in [0.15, 0.2) is 9.84 Å². The smallest absolute Gasteiger partial charge is 0.264 e. The Labute approximate surface area is 160 Å². The molecule has 0 radical (unpaired) electrons. The van der Waals surface area contributed by atoms with Crippen LogP contribution in [-0.4, -0.2) is 35.2 Å². The summed E-state index contributed by atoms with van der Waals surface area (Å²) in [5.41, 5.74) is 1.32. The summed E-state index contributed by atoms with van der Waals surface area (Å²) in [6.07, 6.45) is 1.41. The summed E-state index contributed by atoms with van der Waals surface area (Å²) in [6, 6.07) is 12.3. The normalized spacial score (nSPS) is 18.4. The van der Waals surface area contributed by atoms with Crippen LogP contribution in [0.4, 0.5) is 5.69 Å². The molecular formula is C19H21NO5S2. The predicted octanol–water partition coefficient (Wildman–Crippen LogP) is 2.90. The Balaban J connectivity index is 2.07. The Morgan fingerprint density at radius 2 is 1.70 bits per heavy atom. The van der Waals surface area contributed by atoms with Gasteiger partial charge < -0.3 is 4.74 Å². The number of nitrogens with zero attached hydrogens (tertiary/aromatic N) is 1. The zero-order valence-corrected chi connectivity index (χ0v) is 16.7. The van der Waals surface area contributed by atoms with Gasteiger partial charge in [0.05, 0.1) is 29.0 Å². The van der Waals surface area contributed by atoms with E-state index in [9.17, 15) is 16.8 Å². The molecule has 0 amide bonds. The topological polar surface area (TPSA) is 80.8 Å². The molecule has 6 nitrogen and oxygen atoms in total. The molecule has 0 bridgehead atoms. The summed E-state index contributed by atoms with van der Waals surface area (Å²) in [5.74, 6) is 0.328. The van der Waals surface area contributed by atoms with E-state index in [4.69, 9.17) is 4.74 Å². The van der Waals surface area contributed by atoms with Crippen molar-refractivity contribution in [3.05, 3.63) is 65.6 Å². The van der Waals surface area contributed by atoms with Gasteiger partial charge in [-0.05, 0) is 56.3 Å². The molecule has 0 unspecified atom stereocenters. The summed E-state index contributed by atoms with van der Waals surface area (Å²) in [6.45, 7) is 4.22. The number of sulfone groups is 1. The third kappa shape index (κ3) is 4.17. The van der Waals surface area contributed by atoms with Gasteiger partial charge in [-0.3, -0.25) is 4.31 Å². The summed E-state index contributed by atoms with van der Waals surface area (Å²) >= 11 is 0. The maximum Gasteiger partial charge on any atom is 0.264 e. The van der Waals surface area contributed by atoms with E-state index in [0.29, 0.717) is 18.0 Å². The Morgan fingerprint density at radius 3 is 2.22 bits per heavy atom. The number of benzene rings is 2. The molecule has 1 heterocycles. The lowest BCUT2D eigenvalue weighted by atomic mass is 10.2. The maximum absolute atomic E-state index is 13.3. The minimum absolute atomic E-state index is 0.111. The van der Waals surface area contributed by atoms with Crippen LogP contribution in [0.2, 0.25) is 0 Å². The monoisotopic (exact) mass is 407 g/mol. The minimum atomic E-state index is -3.95. The van der Waals surface area contributed by atoms with Crippen LogP contribution in [0.1, 0.15) is 12.5 Å². The van der Waals surface area contributed by atoms with Crippen molar-refractivity contribution in [1.29, 1.82) is 0 Å². The summed E-state index contributed by atoms with van der Waals surface area (Å²) < 4.78 is 57.0. The molecule has 8 heteroatoms. The molecule has 0 saturated carbocycles. The highest BCUT2D eigenvalue weighted by Gasteiger charge is 2.35. The van der Waals surface area contributed by atoms with Crippen LogP contribution >= 0.6 is 0 Å². The number of aryl methyl sites for hydroxylation is 1. The van der Waals surface area contributed by atoms with Crippen LogP contribution in [-0.2, 0) is 19.9 Å². The average molecular weight is 408 g/mol. The molecule has 0 aromatic heterocycles. The van der Waals surface area contributed by atoms with E-state index in [1.165, 1.54) is 18.2 Å². The quantitative estimate of drug-likeness (QED) is 0.735. The lowest BCUT2D eigenvalue weighted by Gasteiger charge is -2.29. The maximum atomic E-state index is 13.3. The average Bonchev–Trinajstić information content (AvgIpc) is 2.96. The van der Waals surface area contributed by atoms with Crippen LogP contribution in [0, 0.1) is 6.92 Å². The number of ether oxygens (including phenoxy) is 1. The lowest BCUT2D eigenvalue weighted by molar-refractivity contribution is 0.340.